The van der Waals surface area contributed by atoms with Crippen molar-refractivity contribution in [3.8, 4) is 5.75 Å². The predicted octanol–water partition coefficient (Wildman–Crippen LogP) is 8.38. The maximum Gasteiger partial charge on any atom is 0.141 e. The Morgan fingerprint density at radius 2 is 1.62 bits per heavy atom. The number of aliphatic hydroxyl groups is 1. The second-order valence-electron chi connectivity index (χ2n) is 12.1. The number of phenolic OH excluding ortho intramolecular Hbond substituents is 1. The van der Waals surface area contributed by atoms with Gasteiger partial charge in [-0.05, 0) is 101 Å². The van der Waals surface area contributed by atoms with E-state index in [0.717, 1.165) is 89.1 Å². The molecule has 2 N–H and O–H groups in total. The molecule has 4 aromatic rings. The number of benzene rings is 4. The Morgan fingerprint density at radius 1 is 0.800 bits per heavy atom. The fourth-order valence-corrected chi connectivity index (χ4v) is 7.98. The third kappa shape index (κ3) is 3.45. The molecule has 2 nitrogen and oxygen atoms in total. The fourth-order valence-electron chi connectivity index (χ4n) is 7.98. The Bertz CT molecular complexity index is 1770. The van der Waals surface area contributed by atoms with E-state index in [1.54, 1.807) is 0 Å². The third-order valence-corrected chi connectivity index (χ3v) is 9.99. The van der Waals surface area contributed by atoms with Gasteiger partial charge < -0.3 is 10.2 Å². The van der Waals surface area contributed by atoms with Crippen molar-refractivity contribution in [2.45, 2.75) is 56.5 Å². The topological polar surface area (TPSA) is 40.5 Å². The second kappa shape index (κ2) is 9.08. The lowest BCUT2D eigenvalue weighted by Crippen LogP contribution is -2.37. The van der Waals surface area contributed by atoms with E-state index in [-0.39, 0.29) is 5.92 Å². The van der Waals surface area contributed by atoms with Crippen LogP contribution in [0.4, 0.5) is 0 Å². The molecular weight excluding hydrogens is 488 g/mol. The van der Waals surface area contributed by atoms with Gasteiger partial charge in [0.25, 0.3) is 0 Å². The standard InChI is InChI=1S/C38H34O2/c39-37-31-14-6-5-13-28(31)23-34-36(37)35(29-18-17-24-9-1-3-11-26(24)21-29)32-15-7-8-16-33(32)38(34,40)30-20-19-25-10-2-4-12-27(25)22-30/h1-4,7-8,10-12,15-16,19-24,35,39-40H,5-6,9,13-14,17-18H2. The molecule has 0 bridgehead atoms. The van der Waals surface area contributed by atoms with Gasteiger partial charge in [-0.1, -0.05) is 96.6 Å². The van der Waals surface area contributed by atoms with E-state index >= 15 is 0 Å². The molecule has 4 aliphatic carbocycles. The van der Waals surface area contributed by atoms with Crippen molar-refractivity contribution in [3.63, 3.8) is 0 Å². The van der Waals surface area contributed by atoms with Crippen molar-refractivity contribution in [2.75, 3.05) is 0 Å². The number of hydrogen-bond acceptors (Lipinski definition) is 2. The molecule has 4 aromatic carbocycles. The van der Waals surface area contributed by atoms with Gasteiger partial charge >= 0.3 is 0 Å². The molecule has 0 radical (unpaired) electrons. The summed E-state index contributed by atoms with van der Waals surface area (Å²) in [4.78, 5) is 0. The van der Waals surface area contributed by atoms with E-state index in [1.807, 2.05) is 6.07 Å². The lowest BCUT2D eigenvalue weighted by Gasteiger charge is -2.43. The highest BCUT2D eigenvalue weighted by molar-refractivity contribution is 5.84. The summed E-state index contributed by atoms with van der Waals surface area (Å²) in [6.07, 6.45) is 16.4. The Hall–Kier alpha value is -3.88. The van der Waals surface area contributed by atoms with Crippen LogP contribution in [0, 0.1) is 5.92 Å². The average molecular weight is 523 g/mol. The first kappa shape index (κ1) is 24.0. The number of aryl methyl sites for hydroxylation is 1. The normalized spacial score (nSPS) is 24.8. The van der Waals surface area contributed by atoms with Crippen molar-refractivity contribution >= 4 is 10.8 Å². The zero-order chi connectivity index (χ0) is 26.8. The molecule has 40 heavy (non-hydrogen) atoms. The summed E-state index contributed by atoms with van der Waals surface area (Å²) < 4.78 is 0. The monoisotopic (exact) mass is 522 g/mol. The van der Waals surface area contributed by atoms with E-state index in [2.05, 4.69) is 91.0 Å². The molecule has 0 heterocycles. The van der Waals surface area contributed by atoms with Crippen molar-refractivity contribution in [1.82, 2.24) is 0 Å². The van der Waals surface area contributed by atoms with Crippen LogP contribution in [0.3, 0.4) is 0 Å². The Balaban J connectivity index is 1.43. The first-order valence-electron chi connectivity index (χ1n) is 14.9. The van der Waals surface area contributed by atoms with Gasteiger partial charge in [0.15, 0.2) is 0 Å². The maximum absolute atomic E-state index is 13.1. The van der Waals surface area contributed by atoms with Crippen molar-refractivity contribution < 1.29 is 10.2 Å². The van der Waals surface area contributed by atoms with Crippen molar-refractivity contribution in [3.05, 3.63) is 147 Å². The van der Waals surface area contributed by atoms with Crippen LogP contribution < -0.4 is 0 Å². The van der Waals surface area contributed by atoms with Gasteiger partial charge in [-0.3, -0.25) is 0 Å². The van der Waals surface area contributed by atoms with Gasteiger partial charge in [0.05, 0.1) is 0 Å². The molecule has 0 aromatic heterocycles. The van der Waals surface area contributed by atoms with Crippen molar-refractivity contribution in [1.29, 1.82) is 0 Å². The summed E-state index contributed by atoms with van der Waals surface area (Å²) >= 11 is 0. The fraction of sp³-hybridized carbons (Fsp3) is 0.263. The largest absolute Gasteiger partial charge is 0.507 e. The van der Waals surface area contributed by atoms with Crippen LogP contribution in [0.2, 0.25) is 0 Å². The molecule has 3 unspecified atom stereocenters. The second-order valence-corrected chi connectivity index (χ2v) is 12.1. The average Bonchev–Trinajstić information content (AvgIpc) is 3.01. The molecule has 0 amide bonds. The number of fused-ring (bicyclic) bond motifs is 5. The number of hydrogen-bond donors (Lipinski definition) is 2. The zero-order valence-electron chi connectivity index (χ0n) is 22.7. The molecule has 0 spiro atoms. The first-order valence-corrected chi connectivity index (χ1v) is 14.9. The molecule has 8 rings (SSSR count). The minimum atomic E-state index is -1.36. The summed E-state index contributed by atoms with van der Waals surface area (Å²) in [5, 5.41) is 27.5. The molecular formula is C38H34O2. The number of aromatic hydroxyl groups is 1. The van der Waals surface area contributed by atoms with E-state index in [0.29, 0.717) is 11.7 Å². The Kier molecular flexibility index (Phi) is 5.44. The first-order chi connectivity index (χ1) is 19.6. The number of phenols is 1. The summed E-state index contributed by atoms with van der Waals surface area (Å²) in [6.45, 7) is 0. The molecule has 3 atom stereocenters. The van der Waals surface area contributed by atoms with Crippen LogP contribution in [0.25, 0.3) is 10.8 Å². The molecule has 2 heteroatoms. The molecule has 198 valence electrons. The smallest absolute Gasteiger partial charge is 0.141 e. The van der Waals surface area contributed by atoms with Crippen molar-refractivity contribution in [2.24, 2.45) is 5.92 Å². The van der Waals surface area contributed by atoms with Gasteiger partial charge in [0.1, 0.15) is 11.4 Å². The molecule has 0 aliphatic heterocycles. The van der Waals surface area contributed by atoms with Crippen LogP contribution >= 0.6 is 0 Å². The van der Waals surface area contributed by atoms with Crippen LogP contribution in [-0.2, 0) is 18.4 Å². The molecule has 0 saturated heterocycles. The zero-order valence-corrected chi connectivity index (χ0v) is 22.7. The number of rotatable bonds is 2. The summed E-state index contributed by atoms with van der Waals surface area (Å²) in [6, 6.07) is 25.3. The molecule has 0 saturated carbocycles. The highest BCUT2D eigenvalue weighted by atomic mass is 16.3. The van der Waals surface area contributed by atoms with E-state index in [9.17, 15) is 10.2 Å². The van der Waals surface area contributed by atoms with Crippen LogP contribution in [-0.4, -0.2) is 10.2 Å². The summed E-state index contributed by atoms with van der Waals surface area (Å²) in [5.41, 5.74) is 8.31. The minimum absolute atomic E-state index is 0.0769. The minimum Gasteiger partial charge on any atom is -0.507 e. The third-order valence-electron chi connectivity index (χ3n) is 9.99. The van der Waals surface area contributed by atoms with Gasteiger partial charge in [0.2, 0.25) is 0 Å². The van der Waals surface area contributed by atoms with Crippen LogP contribution in [0.15, 0.2) is 108 Å². The molecule has 0 fully saturated rings. The van der Waals surface area contributed by atoms with E-state index < -0.39 is 5.60 Å². The predicted molar refractivity (Wildman–Crippen MR) is 162 cm³/mol. The summed E-state index contributed by atoms with van der Waals surface area (Å²) in [7, 11) is 0. The van der Waals surface area contributed by atoms with Crippen LogP contribution in [0.5, 0.6) is 5.75 Å². The lowest BCUT2D eigenvalue weighted by atomic mass is 9.62. The van der Waals surface area contributed by atoms with Gasteiger partial charge in [-0.2, -0.15) is 0 Å². The Labute approximate surface area is 236 Å². The van der Waals surface area contributed by atoms with Crippen LogP contribution in [0.1, 0.15) is 77.0 Å². The van der Waals surface area contributed by atoms with Gasteiger partial charge in [-0.25, -0.2) is 0 Å². The maximum atomic E-state index is 13.1. The van der Waals surface area contributed by atoms with E-state index in [4.69, 9.17) is 0 Å². The quantitative estimate of drug-likeness (QED) is 0.278. The SMILES string of the molecule is Oc1c2c(cc3c1C(C1=CC4=CC=CCC4CC1)c1ccccc1C3(O)c1ccc3ccccc3c1)CCCC2. The summed E-state index contributed by atoms with van der Waals surface area (Å²) in [5.74, 6) is 0.914. The molecule has 4 aliphatic rings. The Morgan fingerprint density at radius 3 is 2.55 bits per heavy atom. The number of allylic oxidation sites excluding steroid dienone is 6. The highest BCUT2D eigenvalue weighted by Gasteiger charge is 2.47. The highest BCUT2D eigenvalue weighted by Crippen LogP contribution is 2.57. The van der Waals surface area contributed by atoms with E-state index in [1.165, 1.54) is 16.7 Å². The van der Waals surface area contributed by atoms with Gasteiger partial charge in [0, 0.05) is 17.0 Å². The van der Waals surface area contributed by atoms with Gasteiger partial charge in [-0.15, -0.1) is 0 Å². The lowest BCUT2D eigenvalue weighted by molar-refractivity contribution is 0.119.